The molecule has 0 N–H and O–H groups in total. The van der Waals surface area contributed by atoms with Crippen molar-refractivity contribution >= 4 is 34.5 Å². The maximum Gasteiger partial charge on any atom is 0.258 e. The number of carbonyl (C=O) groups excluding carboxylic acids is 1. The largest absolute Gasteiger partial charge is 0.493 e. The third-order valence-corrected chi connectivity index (χ3v) is 5.01. The van der Waals surface area contributed by atoms with Crippen LogP contribution in [0.25, 0.3) is 0 Å². The van der Waals surface area contributed by atoms with Crippen molar-refractivity contribution in [2.75, 3.05) is 38.2 Å². The molecule has 116 valence electrons. The second kappa shape index (κ2) is 6.58. The van der Waals surface area contributed by atoms with Gasteiger partial charge in [-0.25, -0.2) is 0 Å². The molecule has 0 bridgehead atoms. The Labute approximate surface area is 138 Å². The van der Waals surface area contributed by atoms with Crippen molar-refractivity contribution in [2.24, 2.45) is 0 Å². The van der Waals surface area contributed by atoms with Gasteiger partial charge in [0.25, 0.3) is 5.91 Å². The molecule has 1 aromatic carbocycles. The number of benzene rings is 1. The van der Waals surface area contributed by atoms with E-state index >= 15 is 0 Å². The minimum Gasteiger partial charge on any atom is -0.493 e. The van der Waals surface area contributed by atoms with Gasteiger partial charge >= 0.3 is 0 Å². The Morgan fingerprint density at radius 3 is 2.50 bits per heavy atom. The van der Waals surface area contributed by atoms with Crippen LogP contribution in [0.15, 0.2) is 35.7 Å². The third-order valence-electron chi connectivity index (χ3n) is 3.83. The molecule has 0 atom stereocenters. The number of thiophene rings is 1. The number of anilines is 1. The number of carbonyl (C=O) groups is 1. The topological polar surface area (TPSA) is 32.8 Å². The van der Waals surface area contributed by atoms with Gasteiger partial charge in [-0.05, 0) is 12.1 Å². The van der Waals surface area contributed by atoms with E-state index in [1.165, 1.54) is 24.1 Å². The molecule has 1 amide bonds. The highest BCUT2D eigenvalue weighted by molar-refractivity contribution is 7.15. The minimum absolute atomic E-state index is 0.00675. The predicted molar refractivity (Wildman–Crippen MR) is 90.4 cm³/mol. The molecule has 6 heteroatoms. The second-order valence-electron chi connectivity index (χ2n) is 5.07. The molecule has 3 rings (SSSR count). The molecule has 1 aliphatic rings. The summed E-state index contributed by atoms with van der Waals surface area (Å²) in [6.07, 6.45) is 0. The van der Waals surface area contributed by atoms with E-state index in [1.807, 2.05) is 23.1 Å². The zero-order chi connectivity index (χ0) is 15.5. The van der Waals surface area contributed by atoms with Crippen LogP contribution in [0.4, 0.5) is 5.69 Å². The lowest BCUT2D eigenvalue weighted by atomic mass is 10.2. The molecular weight excluding hydrogens is 320 g/mol. The average Bonchev–Trinajstić information content (AvgIpc) is 2.96. The number of halogens is 1. The van der Waals surface area contributed by atoms with Gasteiger partial charge in [0.15, 0.2) is 5.75 Å². The summed E-state index contributed by atoms with van der Waals surface area (Å²) in [5, 5.41) is 1.77. The van der Waals surface area contributed by atoms with Crippen molar-refractivity contribution in [1.82, 2.24) is 4.90 Å². The van der Waals surface area contributed by atoms with Crippen molar-refractivity contribution in [1.29, 1.82) is 0 Å². The molecular formula is C16H17ClN2O2S. The molecule has 4 nitrogen and oxygen atoms in total. The smallest absolute Gasteiger partial charge is 0.258 e. The van der Waals surface area contributed by atoms with Gasteiger partial charge in [-0.15, -0.1) is 11.3 Å². The van der Waals surface area contributed by atoms with Gasteiger partial charge in [-0.3, -0.25) is 4.79 Å². The van der Waals surface area contributed by atoms with Crippen molar-refractivity contribution in [2.45, 2.75) is 0 Å². The SMILES string of the molecule is COc1c(C(=O)N2CCN(c3ccccc3)CC2)csc1Cl. The van der Waals surface area contributed by atoms with Crippen LogP contribution in [-0.4, -0.2) is 44.1 Å². The first-order valence-corrected chi connectivity index (χ1v) is 8.36. The van der Waals surface area contributed by atoms with E-state index < -0.39 is 0 Å². The number of nitrogens with zero attached hydrogens (tertiary/aromatic N) is 2. The molecule has 2 aromatic rings. The molecule has 0 saturated carbocycles. The highest BCUT2D eigenvalue weighted by Crippen LogP contribution is 2.35. The zero-order valence-corrected chi connectivity index (χ0v) is 13.9. The first-order valence-electron chi connectivity index (χ1n) is 7.11. The summed E-state index contributed by atoms with van der Waals surface area (Å²) < 4.78 is 5.76. The molecule has 1 fully saturated rings. The first-order chi connectivity index (χ1) is 10.7. The molecule has 0 spiro atoms. The second-order valence-corrected chi connectivity index (χ2v) is 6.55. The van der Waals surface area contributed by atoms with Crippen LogP contribution in [0.2, 0.25) is 4.34 Å². The lowest BCUT2D eigenvalue weighted by molar-refractivity contribution is 0.0744. The van der Waals surface area contributed by atoms with Gasteiger partial charge in [0.1, 0.15) is 4.34 Å². The van der Waals surface area contributed by atoms with Gasteiger partial charge in [-0.1, -0.05) is 29.8 Å². The summed E-state index contributed by atoms with van der Waals surface area (Å²) in [6.45, 7) is 3.06. The normalized spacial score (nSPS) is 15.0. The Morgan fingerprint density at radius 1 is 1.18 bits per heavy atom. The average molecular weight is 337 g/mol. The molecule has 0 unspecified atom stereocenters. The number of amides is 1. The fraction of sp³-hybridized carbons (Fsp3) is 0.312. The van der Waals surface area contributed by atoms with Gasteiger partial charge in [0.05, 0.1) is 12.7 Å². The third kappa shape index (κ3) is 2.91. The van der Waals surface area contributed by atoms with Gasteiger partial charge in [-0.2, -0.15) is 0 Å². The number of ether oxygens (including phenoxy) is 1. The van der Waals surface area contributed by atoms with Gasteiger partial charge < -0.3 is 14.5 Å². The first kappa shape index (κ1) is 15.2. The Balaban J connectivity index is 1.67. The van der Waals surface area contributed by atoms with Crippen molar-refractivity contribution in [3.05, 3.63) is 45.6 Å². The van der Waals surface area contributed by atoms with Crippen LogP contribution in [0.3, 0.4) is 0 Å². The van der Waals surface area contributed by atoms with E-state index in [4.69, 9.17) is 16.3 Å². The van der Waals surface area contributed by atoms with E-state index in [-0.39, 0.29) is 5.91 Å². The highest BCUT2D eigenvalue weighted by atomic mass is 35.5. The number of para-hydroxylation sites is 1. The molecule has 1 saturated heterocycles. The van der Waals surface area contributed by atoms with Gasteiger partial charge in [0, 0.05) is 37.2 Å². The van der Waals surface area contributed by atoms with Crippen molar-refractivity contribution in [3.8, 4) is 5.75 Å². The van der Waals surface area contributed by atoms with Crippen LogP contribution >= 0.6 is 22.9 Å². The van der Waals surface area contributed by atoms with Gasteiger partial charge in [0.2, 0.25) is 0 Å². The fourth-order valence-corrected chi connectivity index (χ4v) is 3.68. The van der Waals surface area contributed by atoms with Crippen LogP contribution < -0.4 is 9.64 Å². The lowest BCUT2D eigenvalue weighted by Crippen LogP contribution is -2.48. The Kier molecular flexibility index (Phi) is 4.55. The zero-order valence-electron chi connectivity index (χ0n) is 12.3. The monoisotopic (exact) mass is 336 g/mol. The summed E-state index contributed by atoms with van der Waals surface area (Å²) in [7, 11) is 1.54. The Hall–Kier alpha value is -1.72. The fourth-order valence-electron chi connectivity index (χ4n) is 2.64. The number of piperazine rings is 1. The molecule has 2 heterocycles. The van der Waals surface area contributed by atoms with Crippen molar-refractivity contribution < 1.29 is 9.53 Å². The van der Waals surface area contributed by atoms with E-state index in [9.17, 15) is 4.79 Å². The summed E-state index contributed by atoms with van der Waals surface area (Å²) in [6, 6.07) is 10.3. The number of hydrogen-bond acceptors (Lipinski definition) is 4. The number of hydrogen-bond donors (Lipinski definition) is 0. The van der Waals surface area contributed by atoms with E-state index in [2.05, 4.69) is 17.0 Å². The van der Waals surface area contributed by atoms with Crippen molar-refractivity contribution in [3.63, 3.8) is 0 Å². The van der Waals surface area contributed by atoms with E-state index in [0.29, 0.717) is 28.7 Å². The van der Waals surface area contributed by atoms with Crippen LogP contribution in [0.5, 0.6) is 5.75 Å². The Morgan fingerprint density at radius 2 is 1.86 bits per heavy atom. The molecule has 0 aliphatic carbocycles. The van der Waals surface area contributed by atoms with Crippen LogP contribution in [-0.2, 0) is 0 Å². The molecule has 22 heavy (non-hydrogen) atoms. The van der Waals surface area contributed by atoms with E-state index in [0.717, 1.165) is 13.1 Å². The maximum atomic E-state index is 12.6. The highest BCUT2D eigenvalue weighted by Gasteiger charge is 2.26. The number of rotatable bonds is 3. The summed E-state index contributed by atoms with van der Waals surface area (Å²) in [5.41, 5.74) is 1.76. The van der Waals surface area contributed by atoms with Crippen LogP contribution in [0.1, 0.15) is 10.4 Å². The molecule has 0 radical (unpaired) electrons. The maximum absolute atomic E-state index is 12.6. The van der Waals surface area contributed by atoms with Crippen LogP contribution in [0, 0.1) is 0 Å². The molecule has 1 aromatic heterocycles. The summed E-state index contributed by atoms with van der Waals surface area (Å²) in [4.78, 5) is 16.8. The quantitative estimate of drug-likeness (QED) is 0.861. The molecule has 1 aliphatic heterocycles. The predicted octanol–water partition coefficient (Wildman–Crippen LogP) is 3.37. The minimum atomic E-state index is -0.00675. The lowest BCUT2D eigenvalue weighted by Gasteiger charge is -2.36. The standard InChI is InChI=1S/C16H17ClN2O2S/c1-21-14-13(11-22-15(14)17)16(20)19-9-7-18(8-10-19)12-5-3-2-4-6-12/h2-6,11H,7-10H2,1H3. The summed E-state index contributed by atoms with van der Waals surface area (Å²) in [5.74, 6) is 0.481. The Bertz CT molecular complexity index is 651. The number of methoxy groups -OCH3 is 1. The van der Waals surface area contributed by atoms with E-state index in [1.54, 1.807) is 5.38 Å². The summed E-state index contributed by atoms with van der Waals surface area (Å²) >= 11 is 7.37.